The Hall–Kier alpha value is -2.76. The maximum atomic E-state index is 13.5. The molecule has 1 N–H and O–H groups in total. The molecule has 2 aromatic rings. The van der Waals surface area contributed by atoms with Crippen molar-refractivity contribution in [2.75, 3.05) is 24.5 Å². The predicted molar refractivity (Wildman–Crippen MR) is 121 cm³/mol. The molecule has 0 bridgehead atoms. The van der Waals surface area contributed by atoms with Gasteiger partial charge in [-0.25, -0.2) is 0 Å². The smallest absolute Gasteiger partial charge is 0.287 e. The van der Waals surface area contributed by atoms with E-state index in [4.69, 9.17) is 4.42 Å². The van der Waals surface area contributed by atoms with Crippen molar-refractivity contribution < 1.29 is 14.0 Å². The van der Waals surface area contributed by atoms with Crippen LogP contribution in [0.4, 0.5) is 5.69 Å². The van der Waals surface area contributed by atoms with E-state index in [1.165, 1.54) is 25.5 Å². The zero-order valence-corrected chi connectivity index (χ0v) is 18.4. The number of hydrogen-bond acceptors (Lipinski definition) is 4. The first-order valence-electron chi connectivity index (χ1n) is 11.7. The third-order valence-corrected chi connectivity index (χ3v) is 6.67. The normalized spacial score (nSPS) is 18.0. The Morgan fingerprint density at radius 1 is 1.03 bits per heavy atom. The minimum Gasteiger partial charge on any atom is -0.459 e. The van der Waals surface area contributed by atoms with E-state index in [2.05, 4.69) is 28.1 Å². The van der Waals surface area contributed by atoms with Gasteiger partial charge in [0.15, 0.2) is 5.76 Å². The molecule has 0 unspecified atom stereocenters. The average Bonchev–Trinajstić information content (AvgIpc) is 3.36. The molecule has 0 atom stereocenters. The van der Waals surface area contributed by atoms with Crippen LogP contribution in [0.2, 0.25) is 0 Å². The average molecular weight is 424 g/mol. The van der Waals surface area contributed by atoms with Crippen molar-refractivity contribution in [3.63, 3.8) is 0 Å². The van der Waals surface area contributed by atoms with Crippen LogP contribution >= 0.6 is 0 Å². The molecule has 1 aromatic carbocycles. The van der Waals surface area contributed by atoms with E-state index in [1.807, 2.05) is 18.2 Å². The number of benzene rings is 1. The van der Waals surface area contributed by atoms with Gasteiger partial charge < -0.3 is 19.5 Å². The largest absolute Gasteiger partial charge is 0.459 e. The van der Waals surface area contributed by atoms with E-state index in [0.29, 0.717) is 11.8 Å². The van der Waals surface area contributed by atoms with Gasteiger partial charge in [-0.15, -0.1) is 0 Å². The van der Waals surface area contributed by atoms with Crippen molar-refractivity contribution >= 4 is 17.5 Å². The summed E-state index contributed by atoms with van der Waals surface area (Å²) in [6.07, 6.45) is 9.14. The van der Waals surface area contributed by atoms with Crippen LogP contribution < -0.4 is 10.2 Å². The van der Waals surface area contributed by atoms with E-state index >= 15 is 0 Å². The molecule has 2 amide bonds. The predicted octanol–water partition coefficient (Wildman–Crippen LogP) is 4.47. The van der Waals surface area contributed by atoms with Gasteiger partial charge in [0.2, 0.25) is 0 Å². The first-order valence-corrected chi connectivity index (χ1v) is 11.7. The highest BCUT2D eigenvalue weighted by atomic mass is 16.3. The summed E-state index contributed by atoms with van der Waals surface area (Å²) in [7, 11) is 0. The Morgan fingerprint density at radius 3 is 2.45 bits per heavy atom. The van der Waals surface area contributed by atoms with Gasteiger partial charge in [0.05, 0.1) is 11.8 Å². The van der Waals surface area contributed by atoms with Gasteiger partial charge in [0.1, 0.15) is 0 Å². The lowest BCUT2D eigenvalue weighted by Crippen LogP contribution is -2.46. The van der Waals surface area contributed by atoms with Crippen molar-refractivity contribution in [1.29, 1.82) is 0 Å². The van der Waals surface area contributed by atoms with Crippen molar-refractivity contribution in [2.45, 2.75) is 64.0 Å². The summed E-state index contributed by atoms with van der Waals surface area (Å²) in [4.78, 5) is 30.1. The number of anilines is 1. The van der Waals surface area contributed by atoms with Gasteiger partial charge in [-0.05, 0) is 56.9 Å². The SMILES string of the molecule is CCN(C(=O)c1ccccc1N1CCC(NC(=O)c2ccco2)CC1)C1CCCCC1. The summed E-state index contributed by atoms with van der Waals surface area (Å²) in [6, 6.07) is 11.9. The van der Waals surface area contributed by atoms with E-state index in [1.54, 1.807) is 12.1 Å². The van der Waals surface area contributed by atoms with Gasteiger partial charge in [0.25, 0.3) is 11.8 Å². The van der Waals surface area contributed by atoms with E-state index in [9.17, 15) is 9.59 Å². The van der Waals surface area contributed by atoms with E-state index in [-0.39, 0.29) is 17.9 Å². The second-order valence-electron chi connectivity index (χ2n) is 8.61. The lowest BCUT2D eigenvalue weighted by Gasteiger charge is -2.37. The van der Waals surface area contributed by atoms with Crippen molar-refractivity contribution in [1.82, 2.24) is 10.2 Å². The molecule has 2 fully saturated rings. The van der Waals surface area contributed by atoms with E-state index < -0.39 is 0 Å². The van der Waals surface area contributed by atoms with Crippen molar-refractivity contribution in [3.05, 3.63) is 54.0 Å². The van der Waals surface area contributed by atoms with E-state index in [0.717, 1.165) is 56.6 Å². The van der Waals surface area contributed by atoms with Crippen LogP contribution in [0.3, 0.4) is 0 Å². The summed E-state index contributed by atoms with van der Waals surface area (Å²) < 4.78 is 5.19. The van der Waals surface area contributed by atoms with Crippen LogP contribution in [0.15, 0.2) is 47.1 Å². The second-order valence-corrected chi connectivity index (χ2v) is 8.61. The number of furan rings is 1. The molecule has 1 saturated carbocycles. The molecule has 0 radical (unpaired) electrons. The number of para-hydroxylation sites is 1. The molecule has 0 spiro atoms. The molecule has 2 heterocycles. The monoisotopic (exact) mass is 423 g/mol. The summed E-state index contributed by atoms with van der Waals surface area (Å²) in [5.41, 5.74) is 1.81. The Bertz CT molecular complexity index is 866. The Labute approximate surface area is 184 Å². The second kappa shape index (κ2) is 10.0. The molecule has 6 heteroatoms. The van der Waals surface area contributed by atoms with Gasteiger partial charge in [0, 0.05) is 37.4 Å². The Balaban J connectivity index is 1.41. The number of carbonyl (C=O) groups excluding carboxylic acids is 2. The molecule has 1 aliphatic carbocycles. The highest BCUT2D eigenvalue weighted by Gasteiger charge is 2.29. The number of hydrogen-bond donors (Lipinski definition) is 1. The topological polar surface area (TPSA) is 65.8 Å². The first-order chi connectivity index (χ1) is 15.2. The lowest BCUT2D eigenvalue weighted by atomic mass is 9.93. The maximum absolute atomic E-state index is 13.5. The van der Waals surface area contributed by atoms with Crippen LogP contribution in [0, 0.1) is 0 Å². The van der Waals surface area contributed by atoms with Crippen molar-refractivity contribution in [3.8, 4) is 0 Å². The summed E-state index contributed by atoms with van der Waals surface area (Å²) in [5.74, 6) is 0.337. The molecule has 31 heavy (non-hydrogen) atoms. The Kier molecular flexibility index (Phi) is 6.95. The number of nitrogens with zero attached hydrogens (tertiary/aromatic N) is 2. The molecule has 1 aliphatic heterocycles. The first kappa shape index (κ1) is 21.5. The molecule has 2 aliphatic rings. The zero-order chi connectivity index (χ0) is 21.6. The van der Waals surface area contributed by atoms with Crippen LogP contribution in [0.1, 0.15) is 72.8 Å². The quantitative estimate of drug-likeness (QED) is 0.744. The van der Waals surface area contributed by atoms with Gasteiger partial charge in [-0.2, -0.15) is 0 Å². The number of piperidine rings is 1. The highest BCUT2D eigenvalue weighted by Crippen LogP contribution is 2.29. The van der Waals surface area contributed by atoms with Crippen LogP contribution in [0.25, 0.3) is 0 Å². The molecule has 166 valence electrons. The zero-order valence-electron chi connectivity index (χ0n) is 18.4. The fourth-order valence-corrected chi connectivity index (χ4v) is 4.97. The lowest BCUT2D eigenvalue weighted by molar-refractivity contribution is 0.0648. The minimum atomic E-state index is -0.162. The van der Waals surface area contributed by atoms with Gasteiger partial charge >= 0.3 is 0 Å². The summed E-state index contributed by atoms with van der Waals surface area (Å²) in [5, 5.41) is 3.07. The fraction of sp³-hybridized carbons (Fsp3) is 0.520. The minimum absolute atomic E-state index is 0.117. The van der Waals surface area contributed by atoms with Crippen molar-refractivity contribution in [2.24, 2.45) is 0 Å². The maximum Gasteiger partial charge on any atom is 0.287 e. The third-order valence-electron chi connectivity index (χ3n) is 6.67. The molecule has 6 nitrogen and oxygen atoms in total. The number of rotatable bonds is 6. The number of carbonyl (C=O) groups is 2. The van der Waals surface area contributed by atoms with Crippen LogP contribution in [-0.4, -0.2) is 48.4 Å². The van der Waals surface area contributed by atoms with Crippen LogP contribution in [0.5, 0.6) is 0 Å². The fourth-order valence-electron chi connectivity index (χ4n) is 4.97. The summed E-state index contributed by atoms with van der Waals surface area (Å²) in [6.45, 7) is 4.45. The van der Waals surface area contributed by atoms with Gasteiger partial charge in [-0.1, -0.05) is 31.4 Å². The Morgan fingerprint density at radius 2 is 1.77 bits per heavy atom. The molecule has 1 aromatic heterocycles. The molecular formula is C25H33N3O3. The summed E-state index contributed by atoms with van der Waals surface area (Å²) >= 11 is 0. The third kappa shape index (κ3) is 4.94. The molecule has 4 rings (SSSR count). The standard InChI is InChI=1S/C25H33N3O3/c1-2-28(20-9-4-3-5-10-20)25(30)21-11-6-7-12-22(21)27-16-14-19(15-17-27)26-24(29)23-13-8-18-31-23/h6-8,11-13,18-20H,2-5,9-10,14-17H2,1H3,(H,26,29). The number of nitrogens with one attached hydrogen (secondary N) is 1. The highest BCUT2D eigenvalue weighted by molar-refractivity contribution is 6.00. The van der Waals surface area contributed by atoms with Crippen LogP contribution in [-0.2, 0) is 0 Å². The van der Waals surface area contributed by atoms with Gasteiger partial charge in [-0.3, -0.25) is 9.59 Å². The number of amides is 2. The molecular weight excluding hydrogens is 390 g/mol. The molecule has 1 saturated heterocycles.